The number of hydrogen-bond donors (Lipinski definition) is 2. The molecule has 0 radical (unpaired) electrons. The van der Waals surface area contributed by atoms with Gasteiger partial charge in [0.05, 0.1) is 17.2 Å². The van der Waals surface area contributed by atoms with Crippen LogP contribution in [-0.2, 0) is 13.1 Å². The SMILES string of the molecule is CC(N)c1nc(CNCc2cncs2)cs1. The monoisotopic (exact) mass is 254 g/mol. The van der Waals surface area contributed by atoms with Crippen LogP contribution in [0.3, 0.4) is 0 Å². The lowest BCUT2D eigenvalue weighted by atomic mass is 10.4. The highest BCUT2D eigenvalue weighted by atomic mass is 32.1. The Balaban J connectivity index is 1.81. The fourth-order valence-electron chi connectivity index (χ4n) is 1.26. The zero-order valence-electron chi connectivity index (χ0n) is 9.01. The van der Waals surface area contributed by atoms with Crippen LogP contribution < -0.4 is 11.1 Å². The number of rotatable bonds is 5. The van der Waals surface area contributed by atoms with Crippen molar-refractivity contribution in [2.75, 3.05) is 0 Å². The van der Waals surface area contributed by atoms with Gasteiger partial charge in [-0.1, -0.05) is 0 Å². The van der Waals surface area contributed by atoms with Crippen LogP contribution >= 0.6 is 22.7 Å². The Morgan fingerprint density at radius 2 is 2.31 bits per heavy atom. The number of aromatic nitrogens is 2. The van der Waals surface area contributed by atoms with Crippen LogP contribution in [0.2, 0.25) is 0 Å². The van der Waals surface area contributed by atoms with Crippen LogP contribution in [-0.4, -0.2) is 9.97 Å². The lowest BCUT2D eigenvalue weighted by Gasteiger charge is -2.00. The van der Waals surface area contributed by atoms with E-state index in [0.717, 1.165) is 23.8 Å². The summed E-state index contributed by atoms with van der Waals surface area (Å²) < 4.78 is 0. The highest BCUT2D eigenvalue weighted by Gasteiger charge is 2.05. The van der Waals surface area contributed by atoms with Gasteiger partial charge in [0.1, 0.15) is 5.01 Å². The van der Waals surface area contributed by atoms with Crippen molar-refractivity contribution in [3.63, 3.8) is 0 Å². The van der Waals surface area contributed by atoms with E-state index in [0.29, 0.717) is 0 Å². The summed E-state index contributed by atoms with van der Waals surface area (Å²) in [5.74, 6) is 0. The molecule has 0 fully saturated rings. The van der Waals surface area contributed by atoms with Crippen LogP contribution in [0, 0.1) is 0 Å². The molecule has 2 aromatic rings. The van der Waals surface area contributed by atoms with Crippen molar-refractivity contribution in [2.45, 2.75) is 26.1 Å². The molecule has 0 amide bonds. The number of thiazole rings is 2. The number of nitrogens with two attached hydrogens (primary N) is 1. The van der Waals surface area contributed by atoms with E-state index in [9.17, 15) is 0 Å². The van der Waals surface area contributed by atoms with Crippen molar-refractivity contribution in [3.8, 4) is 0 Å². The van der Waals surface area contributed by atoms with Crippen LogP contribution in [0.1, 0.15) is 28.5 Å². The normalized spacial score (nSPS) is 12.9. The van der Waals surface area contributed by atoms with Crippen LogP contribution in [0.25, 0.3) is 0 Å². The molecule has 0 spiro atoms. The van der Waals surface area contributed by atoms with Gasteiger partial charge in [-0.05, 0) is 6.92 Å². The topological polar surface area (TPSA) is 63.8 Å². The van der Waals surface area contributed by atoms with Crippen molar-refractivity contribution in [1.29, 1.82) is 0 Å². The fraction of sp³-hybridized carbons (Fsp3) is 0.400. The third-order valence-corrected chi connectivity index (χ3v) is 3.92. The molecule has 2 rings (SSSR count). The first kappa shape index (κ1) is 11.7. The first-order chi connectivity index (χ1) is 7.75. The molecule has 6 heteroatoms. The largest absolute Gasteiger partial charge is 0.322 e. The first-order valence-electron chi connectivity index (χ1n) is 5.03. The molecule has 16 heavy (non-hydrogen) atoms. The molecule has 2 heterocycles. The predicted molar refractivity (Wildman–Crippen MR) is 67.4 cm³/mol. The maximum absolute atomic E-state index is 5.75. The number of nitrogens with zero attached hydrogens (tertiary/aromatic N) is 2. The van der Waals surface area contributed by atoms with Gasteiger partial charge in [-0.3, -0.25) is 4.98 Å². The maximum Gasteiger partial charge on any atom is 0.109 e. The van der Waals surface area contributed by atoms with Crippen LogP contribution in [0.5, 0.6) is 0 Å². The Labute approximate surface area is 103 Å². The van der Waals surface area contributed by atoms with Crippen molar-refractivity contribution in [1.82, 2.24) is 15.3 Å². The first-order valence-corrected chi connectivity index (χ1v) is 6.79. The zero-order chi connectivity index (χ0) is 11.4. The highest BCUT2D eigenvalue weighted by molar-refractivity contribution is 7.09. The minimum atomic E-state index is 0.0280. The van der Waals surface area contributed by atoms with Crippen LogP contribution in [0.15, 0.2) is 17.1 Å². The predicted octanol–water partition coefficient (Wildman–Crippen LogP) is 1.91. The van der Waals surface area contributed by atoms with E-state index >= 15 is 0 Å². The number of nitrogens with one attached hydrogen (secondary N) is 1. The second-order valence-corrected chi connectivity index (χ2v) is 5.40. The standard InChI is InChI=1S/C10H14N4S2/c1-7(11)10-14-8(5-15-10)2-12-3-9-4-13-6-16-9/h4-7,12H,2-3,11H2,1H3. The molecule has 86 valence electrons. The van der Waals surface area contributed by atoms with E-state index in [-0.39, 0.29) is 6.04 Å². The van der Waals surface area contributed by atoms with Gasteiger partial charge < -0.3 is 11.1 Å². The van der Waals surface area contributed by atoms with Gasteiger partial charge in [0.2, 0.25) is 0 Å². The average Bonchev–Trinajstić information content (AvgIpc) is 2.87. The number of hydrogen-bond acceptors (Lipinski definition) is 6. The summed E-state index contributed by atoms with van der Waals surface area (Å²) in [6, 6.07) is 0.0280. The van der Waals surface area contributed by atoms with E-state index in [2.05, 4.69) is 20.7 Å². The smallest absolute Gasteiger partial charge is 0.109 e. The molecule has 1 unspecified atom stereocenters. The second kappa shape index (κ2) is 5.49. The van der Waals surface area contributed by atoms with E-state index < -0.39 is 0 Å². The summed E-state index contributed by atoms with van der Waals surface area (Å²) in [7, 11) is 0. The van der Waals surface area contributed by atoms with Gasteiger partial charge >= 0.3 is 0 Å². The molecule has 0 aliphatic carbocycles. The summed E-state index contributed by atoms with van der Waals surface area (Å²) in [4.78, 5) is 9.71. The summed E-state index contributed by atoms with van der Waals surface area (Å²) in [5, 5.41) is 6.38. The van der Waals surface area contributed by atoms with Gasteiger partial charge in [0.15, 0.2) is 0 Å². The molecule has 0 aliphatic rings. The van der Waals surface area contributed by atoms with Crippen LogP contribution in [0.4, 0.5) is 0 Å². The van der Waals surface area contributed by atoms with Gasteiger partial charge in [0.25, 0.3) is 0 Å². The van der Waals surface area contributed by atoms with Crippen molar-refractivity contribution in [3.05, 3.63) is 32.7 Å². The van der Waals surface area contributed by atoms with E-state index in [1.165, 1.54) is 4.88 Å². The van der Waals surface area contributed by atoms with Gasteiger partial charge in [0, 0.05) is 29.5 Å². The summed E-state index contributed by atoms with van der Waals surface area (Å²) in [6.45, 7) is 3.57. The zero-order valence-corrected chi connectivity index (χ0v) is 10.6. The molecular formula is C10H14N4S2. The summed E-state index contributed by atoms with van der Waals surface area (Å²) >= 11 is 3.28. The van der Waals surface area contributed by atoms with E-state index in [1.807, 2.05) is 18.6 Å². The molecule has 0 saturated heterocycles. The van der Waals surface area contributed by atoms with Gasteiger partial charge in [-0.2, -0.15) is 0 Å². The molecule has 1 atom stereocenters. The van der Waals surface area contributed by atoms with Crippen molar-refractivity contribution < 1.29 is 0 Å². The average molecular weight is 254 g/mol. The molecule has 0 bridgehead atoms. The molecule has 0 aromatic carbocycles. The van der Waals surface area contributed by atoms with Crippen molar-refractivity contribution >= 4 is 22.7 Å². The van der Waals surface area contributed by atoms with Gasteiger partial charge in [-0.25, -0.2) is 4.98 Å². The van der Waals surface area contributed by atoms with E-state index in [1.54, 1.807) is 22.7 Å². The summed E-state index contributed by atoms with van der Waals surface area (Å²) in [6.07, 6.45) is 1.88. The molecule has 0 saturated carbocycles. The Morgan fingerprint density at radius 1 is 1.44 bits per heavy atom. The molecular weight excluding hydrogens is 240 g/mol. The lowest BCUT2D eigenvalue weighted by Crippen LogP contribution is -2.12. The Hall–Kier alpha value is -0.820. The van der Waals surface area contributed by atoms with Crippen molar-refractivity contribution in [2.24, 2.45) is 5.73 Å². The fourth-order valence-corrected chi connectivity index (χ4v) is 2.60. The molecule has 2 aromatic heterocycles. The minimum absolute atomic E-state index is 0.0280. The molecule has 0 aliphatic heterocycles. The maximum atomic E-state index is 5.75. The minimum Gasteiger partial charge on any atom is -0.322 e. The Kier molecular flexibility index (Phi) is 4.00. The lowest BCUT2D eigenvalue weighted by molar-refractivity contribution is 0.682. The molecule has 4 nitrogen and oxygen atoms in total. The third-order valence-electron chi connectivity index (χ3n) is 2.05. The summed E-state index contributed by atoms with van der Waals surface area (Å²) in [5.41, 5.74) is 8.65. The third kappa shape index (κ3) is 3.08. The highest BCUT2D eigenvalue weighted by Crippen LogP contribution is 2.15. The Morgan fingerprint density at radius 3 is 2.94 bits per heavy atom. The quantitative estimate of drug-likeness (QED) is 0.855. The molecule has 3 N–H and O–H groups in total. The van der Waals surface area contributed by atoms with E-state index in [4.69, 9.17) is 5.73 Å². The van der Waals surface area contributed by atoms with Gasteiger partial charge in [-0.15, -0.1) is 22.7 Å². The Bertz CT molecular complexity index is 422. The second-order valence-electron chi connectivity index (χ2n) is 3.54.